The Hall–Kier alpha value is -3.58. The van der Waals surface area contributed by atoms with Crippen LogP contribution in [0.1, 0.15) is 122 Å². The van der Waals surface area contributed by atoms with E-state index in [9.17, 15) is 31.5 Å². The highest BCUT2D eigenvalue weighted by molar-refractivity contribution is 5.95. The smallest absolute Gasteiger partial charge is 0.364 e. The number of carbonyl (C=O) groups excluding carboxylic acids is 2. The molecule has 0 aliphatic heterocycles. The third-order valence-corrected chi connectivity index (χ3v) is 9.19. The lowest BCUT2D eigenvalue weighted by Crippen LogP contribution is -2.37. The van der Waals surface area contributed by atoms with Gasteiger partial charge in [0.25, 0.3) is 5.91 Å². The molecule has 3 aromatic heterocycles. The molecule has 44 heavy (non-hydrogen) atoms. The monoisotopic (exact) mass is 622 g/mol. The van der Waals surface area contributed by atoms with E-state index in [0.29, 0.717) is 28.2 Å². The van der Waals surface area contributed by atoms with E-state index in [1.165, 1.54) is 10.8 Å². The van der Waals surface area contributed by atoms with Crippen LogP contribution in [-0.4, -0.2) is 43.7 Å². The molecule has 0 unspecified atom stereocenters. The zero-order valence-corrected chi connectivity index (χ0v) is 24.1. The summed E-state index contributed by atoms with van der Waals surface area (Å²) in [7, 11) is 0. The maximum Gasteiger partial charge on any atom is 0.389 e. The van der Waals surface area contributed by atoms with E-state index >= 15 is 0 Å². The molecule has 0 spiro atoms. The van der Waals surface area contributed by atoms with Crippen molar-refractivity contribution in [2.45, 2.75) is 107 Å². The minimum Gasteiger partial charge on any atom is -0.364 e. The second kappa shape index (κ2) is 12.1. The van der Waals surface area contributed by atoms with Gasteiger partial charge < -0.3 is 15.2 Å². The van der Waals surface area contributed by atoms with Crippen molar-refractivity contribution in [1.29, 1.82) is 0 Å². The normalized spacial score (nSPS) is 20.9. The molecule has 2 N–H and O–H groups in total. The van der Waals surface area contributed by atoms with Gasteiger partial charge in [-0.15, -0.1) is 0 Å². The zero-order chi connectivity index (χ0) is 31.1. The van der Waals surface area contributed by atoms with Crippen LogP contribution >= 0.6 is 0 Å². The fourth-order valence-electron chi connectivity index (χ4n) is 6.59. The molecule has 3 aromatic rings. The lowest BCUT2D eigenvalue weighted by atomic mass is 9.81. The summed E-state index contributed by atoms with van der Waals surface area (Å²) in [6, 6.07) is 0.527. The van der Waals surface area contributed by atoms with Crippen LogP contribution in [0.5, 0.6) is 0 Å². The molecule has 3 heterocycles. The average Bonchev–Trinajstić information content (AvgIpc) is 3.34. The molecule has 238 valence electrons. The van der Waals surface area contributed by atoms with Gasteiger partial charge in [-0.2, -0.15) is 18.3 Å². The second-order valence-electron chi connectivity index (χ2n) is 12.5. The molecule has 0 saturated heterocycles. The summed E-state index contributed by atoms with van der Waals surface area (Å²) in [5.74, 6) is -3.94. The van der Waals surface area contributed by atoms with Crippen LogP contribution in [0.25, 0.3) is 5.65 Å². The first kappa shape index (κ1) is 30.4. The van der Waals surface area contributed by atoms with E-state index in [-0.39, 0.29) is 43.4 Å². The molecule has 3 aliphatic rings. The predicted molar refractivity (Wildman–Crippen MR) is 147 cm³/mol. The summed E-state index contributed by atoms with van der Waals surface area (Å²) in [5, 5.41) is 14.3. The van der Waals surface area contributed by atoms with Crippen LogP contribution in [0.15, 0.2) is 29.2 Å². The van der Waals surface area contributed by atoms with Gasteiger partial charge in [0.2, 0.25) is 11.8 Å². The highest BCUT2D eigenvalue weighted by Crippen LogP contribution is 2.43. The summed E-state index contributed by atoms with van der Waals surface area (Å²) < 4.78 is 72.8. The Bertz CT molecular complexity index is 1480. The Morgan fingerprint density at radius 2 is 1.73 bits per heavy atom. The van der Waals surface area contributed by atoms with Crippen molar-refractivity contribution < 1.29 is 36.1 Å². The Morgan fingerprint density at radius 3 is 2.41 bits per heavy atom. The zero-order valence-electron chi connectivity index (χ0n) is 24.1. The molecule has 2 atom stereocenters. The number of fused-ring (bicyclic) bond motifs is 1. The lowest BCUT2D eigenvalue weighted by Gasteiger charge is -2.33. The van der Waals surface area contributed by atoms with E-state index in [4.69, 9.17) is 9.51 Å². The van der Waals surface area contributed by atoms with Gasteiger partial charge >= 0.3 is 6.18 Å². The van der Waals surface area contributed by atoms with Crippen molar-refractivity contribution in [2.75, 3.05) is 0 Å². The van der Waals surface area contributed by atoms with Crippen LogP contribution in [0.3, 0.4) is 0 Å². The minimum absolute atomic E-state index is 0.0806. The van der Waals surface area contributed by atoms with Crippen LogP contribution in [0.2, 0.25) is 0 Å². The first-order valence-corrected chi connectivity index (χ1v) is 15.3. The second-order valence-corrected chi connectivity index (χ2v) is 12.5. The van der Waals surface area contributed by atoms with Gasteiger partial charge in [-0.1, -0.05) is 18.0 Å². The van der Waals surface area contributed by atoms with Crippen LogP contribution in [0.4, 0.5) is 22.0 Å². The van der Waals surface area contributed by atoms with E-state index in [1.54, 1.807) is 18.5 Å². The number of halogens is 5. The number of imidazole rings is 1. The SMILES string of the molecule is O=C(CCC(F)(F)F)N[C@H](c1cnn2cc([C@H](NC(=O)c3conc3C3CCCC3)C3CCC(F)(F)CC3)nc2c1)C1CC1. The molecule has 3 aliphatic carbocycles. The van der Waals surface area contributed by atoms with Crippen molar-refractivity contribution >= 4 is 17.5 Å². The standard InChI is InChI=1S/C30H35F5N6O3/c31-29(32)10-7-19(8-11-29)27(39-28(43)21-16-44-40-26(21)17-3-1-2-4-17)22-15-41-23(37-22)13-20(14-36-41)25(18-5-6-18)38-24(42)9-12-30(33,34)35/h13-19,25,27H,1-12H2,(H,38,42)(H,39,43)/t25-,27+/m0/s1. The first-order chi connectivity index (χ1) is 21.0. The summed E-state index contributed by atoms with van der Waals surface area (Å²) in [4.78, 5) is 30.6. The van der Waals surface area contributed by atoms with Crippen molar-refractivity contribution in [2.24, 2.45) is 11.8 Å². The number of aromatic nitrogens is 4. The van der Waals surface area contributed by atoms with Crippen LogP contribution in [-0.2, 0) is 4.79 Å². The van der Waals surface area contributed by atoms with E-state index in [2.05, 4.69) is 20.9 Å². The van der Waals surface area contributed by atoms with Gasteiger partial charge in [0.15, 0.2) is 5.65 Å². The van der Waals surface area contributed by atoms with E-state index < -0.39 is 48.8 Å². The molecule has 0 bridgehead atoms. The van der Waals surface area contributed by atoms with Crippen molar-refractivity contribution in [3.05, 3.63) is 47.2 Å². The van der Waals surface area contributed by atoms with E-state index in [1.807, 2.05) is 0 Å². The van der Waals surface area contributed by atoms with Crippen LogP contribution in [0, 0.1) is 11.8 Å². The molecule has 0 radical (unpaired) electrons. The lowest BCUT2D eigenvalue weighted by molar-refractivity contribution is -0.144. The summed E-state index contributed by atoms with van der Waals surface area (Å²) in [6.07, 6.45) is 3.60. The number of rotatable bonds is 10. The topological polar surface area (TPSA) is 114 Å². The van der Waals surface area contributed by atoms with Gasteiger partial charge in [-0.25, -0.2) is 18.3 Å². The maximum absolute atomic E-state index is 14.1. The highest BCUT2D eigenvalue weighted by atomic mass is 19.4. The van der Waals surface area contributed by atoms with E-state index in [0.717, 1.165) is 38.5 Å². The number of nitrogens with one attached hydrogen (secondary N) is 2. The molecule has 3 saturated carbocycles. The summed E-state index contributed by atoms with van der Waals surface area (Å²) in [6.45, 7) is 0. The Kier molecular flexibility index (Phi) is 8.35. The highest BCUT2D eigenvalue weighted by Gasteiger charge is 2.40. The molecule has 6 rings (SSSR count). The molecule has 14 heteroatoms. The van der Waals surface area contributed by atoms with Gasteiger partial charge in [0.1, 0.15) is 11.8 Å². The summed E-state index contributed by atoms with van der Waals surface area (Å²) in [5.41, 5.74) is 2.42. The number of hydrogen-bond donors (Lipinski definition) is 2. The molecule has 3 fully saturated rings. The van der Waals surface area contributed by atoms with Crippen molar-refractivity contribution in [3.63, 3.8) is 0 Å². The molecule has 0 aromatic carbocycles. The van der Waals surface area contributed by atoms with Crippen molar-refractivity contribution in [1.82, 2.24) is 30.4 Å². The molecule has 2 amide bonds. The Morgan fingerprint density at radius 1 is 1.02 bits per heavy atom. The van der Waals surface area contributed by atoms with Crippen LogP contribution < -0.4 is 10.6 Å². The Balaban J connectivity index is 1.25. The number of alkyl halides is 5. The first-order valence-electron chi connectivity index (χ1n) is 15.3. The fourth-order valence-corrected chi connectivity index (χ4v) is 6.59. The maximum atomic E-state index is 14.1. The number of hydrogen-bond acceptors (Lipinski definition) is 6. The third-order valence-electron chi connectivity index (χ3n) is 9.19. The quantitative estimate of drug-likeness (QED) is 0.247. The molecular weight excluding hydrogens is 587 g/mol. The average molecular weight is 623 g/mol. The van der Waals surface area contributed by atoms with Gasteiger partial charge in [-0.05, 0) is 62.0 Å². The number of carbonyl (C=O) groups is 2. The number of amides is 2. The van der Waals surface area contributed by atoms with Gasteiger partial charge in [0, 0.05) is 25.2 Å². The Labute approximate surface area is 250 Å². The predicted octanol–water partition coefficient (Wildman–Crippen LogP) is 6.58. The number of nitrogens with zero attached hydrogens (tertiary/aromatic N) is 4. The molecule has 9 nitrogen and oxygen atoms in total. The largest absolute Gasteiger partial charge is 0.389 e. The minimum atomic E-state index is -4.43. The van der Waals surface area contributed by atoms with Gasteiger partial charge in [0.05, 0.1) is 42.3 Å². The molecular formula is C30H35F5N6O3. The summed E-state index contributed by atoms with van der Waals surface area (Å²) >= 11 is 0. The van der Waals surface area contributed by atoms with Crippen molar-refractivity contribution in [3.8, 4) is 0 Å². The fraction of sp³-hybridized carbons (Fsp3) is 0.633. The third kappa shape index (κ3) is 7.04. The van der Waals surface area contributed by atoms with Gasteiger partial charge in [-0.3, -0.25) is 9.59 Å².